The lowest BCUT2D eigenvalue weighted by Gasteiger charge is -2.20. The fourth-order valence-electron chi connectivity index (χ4n) is 1.78. The van der Waals surface area contributed by atoms with Crippen molar-refractivity contribution in [3.63, 3.8) is 0 Å². The molecule has 1 aromatic carbocycles. The number of aryl methyl sites for hydroxylation is 1. The molecule has 0 aromatic heterocycles. The first-order valence-electron chi connectivity index (χ1n) is 6.22. The Labute approximate surface area is 104 Å². The lowest BCUT2D eigenvalue weighted by atomic mass is 10.1. The van der Waals surface area contributed by atoms with Crippen molar-refractivity contribution in [1.29, 1.82) is 0 Å². The molecule has 1 rings (SSSR count). The number of aliphatic hydroxyl groups is 1. The molecule has 1 N–H and O–H groups in total. The van der Waals surface area contributed by atoms with Gasteiger partial charge in [-0.2, -0.15) is 0 Å². The van der Waals surface area contributed by atoms with Crippen LogP contribution in [0.25, 0.3) is 0 Å². The van der Waals surface area contributed by atoms with Crippen LogP contribution in [0.2, 0.25) is 0 Å². The van der Waals surface area contributed by atoms with Gasteiger partial charge in [0, 0.05) is 13.1 Å². The molecule has 0 aliphatic heterocycles. The number of nitrogens with zero attached hydrogens (tertiary/aromatic N) is 1. The summed E-state index contributed by atoms with van der Waals surface area (Å²) in [5, 5.41) is 8.62. The summed E-state index contributed by atoms with van der Waals surface area (Å²) >= 11 is 0. The van der Waals surface area contributed by atoms with E-state index in [9.17, 15) is 0 Å². The van der Waals surface area contributed by atoms with Gasteiger partial charge in [-0.05, 0) is 19.0 Å². The molecular formula is C14H23NO2. The Morgan fingerprint density at radius 2 is 2.12 bits per heavy atom. The number of benzene rings is 1. The van der Waals surface area contributed by atoms with Gasteiger partial charge in [-0.25, -0.2) is 0 Å². The van der Waals surface area contributed by atoms with Crippen LogP contribution in [-0.4, -0.2) is 42.9 Å². The second-order valence-electron chi connectivity index (χ2n) is 4.19. The number of ether oxygens (including phenoxy) is 1. The third kappa shape index (κ3) is 5.82. The number of rotatable bonds is 8. The van der Waals surface area contributed by atoms with Crippen molar-refractivity contribution in [2.45, 2.75) is 20.4 Å². The molecule has 0 saturated heterocycles. The summed E-state index contributed by atoms with van der Waals surface area (Å²) in [7, 11) is 0. The highest BCUT2D eigenvalue weighted by molar-refractivity contribution is 5.22. The fourth-order valence-corrected chi connectivity index (χ4v) is 1.78. The molecule has 96 valence electrons. The Morgan fingerprint density at radius 1 is 1.29 bits per heavy atom. The summed E-state index contributed by atoms with van der Waals surface area (Å²) in [6, 6.07) is 8.59. The van der Waals surface area contributed by atoms with Crippen LogP contribution in [-0.2, 0) is 11.3 Å². The number of hydrogen-bond acceptors (Lipinski definition) is 3. The van der Waals surface area contributed by atoms with Gasteiger partial charge in [0.05, 0.1) is 19.8 Å². The topological polar surface area (TPSA) is 32.7 Å². The van der Waals surface area contributed by atoms with Crippen molar-refractivity contribution in [3.8, 4) is 0 Å². The van der Waals surface area contributed by atoms with Gasteiger partial charge in [-0.15, -0.1) is 0 Å². The maximum absolute atomic E-state index is 8.62. The highest BCUT2D eigenvalue weighted by Gasteiger charge is 2.03. The van der Waals surface area contributed by atoms with Crippen LogP contribution in [0.5, 0.6) is 0 Å². The predicted molar refractivity (Wildman–Crippen MR) is 70.0 cm³/mol. The summed E-state index contributed by atoms with van der Waals surface area (Å²) in [4.78, 5) is 2.34. The first-order valence-corrected chi connectivity index (χ1v) is 6.22. The Bertz CT molecular complexity index is 315. The van der Waals surface area contributed by atoms with E-state index in [0.717, 1.165) is 19.6 Å². The molecule has 0 amide bonds. The Hall–Kier alpha value is -0.900. The van der Waals surface area contributed by atoms with E-state index in [1.165, 1.54) is 11.1 Å². The van der Waals surface area contributed by atoms with Gasteiger partial charge in [-0.3, -0.25) is 4.90 Å². The van der Waals surface area contributed by atoms with Crippen LogP contribution in [0.15, 0.2) is 24.3 Å². The minimum atomic E-state index is 0.101. The smallest absolute Gasteiger partial charge is 0.0698 e. The molecule has 0 radical (unpaired) electrons. The summed E-state index contributed by atoms with van der Waals surface area (Å²) < 4.78 is 5.28. The molecule has 3 heteroatoms. The predicted octanol–water partition coefficient (Wildman–Crippen LogP) is 1.83. The zero-order chi connectivity index (χ0) is 12.5. The molecule has 0 atom stereocenters. The van der Waals surface area contributed by atoms with Gasteiger partial charge in [-0.1, -0.05) is 36.8 Å². The number of aliphatic hydroxyl groups excluding tert-OH is 1. The van der Waals surface area contributed by atoms with Crippen molar-refractivity contribution in [3.05, 3.63) is 35.4 Å². The monoisotopic (exact) mass is 237 g/mol. The van der Waals surface area contributed by atoms with Crippen LogP contribution in [0.4, 0.5) is 0 Å². The molecule has 0 bridgehead atoms. The molecule has 3 nitrogen and oxygen atoms in total. The van der Waals surface area contributed by atoms with E-state index in [-0.39, 0.29) is 6.61 Å². The van der Waals surface area contributed by atoms with Crippen molar-refractivity contribution < 1.29 is 9.84 Å². The van der Waals surface area contributed by atoms with Crippen molar-refractivity contribution in [2.24, 2.45) is 0 Å². The molecule has 17 heavy (non-hydrogen) atoms. The van der Waals surface area contributed by atoms with Crippen molar-refractivity contribution >= 4 is 0 Å². The average Bonchev–Trinajstić information content (AvgIpc) is 2.33. The van der Waals surface area contributed by atoms with Gasteiger partial charge in [0.15, 0.2) is 0 Å². The maximum atomic E-state index is 8.62. The SMILES string of the molecule is CCN(CCOCCO)Cc1cccc(C)c1. The minimum absolute atomic E-state index is 0.101. The Kier molecular flexibility index (Phi) is 6.86. The van der Waals surface area contributed by atoms with E-state index in [1.807, 2.05) is 0 Å². The van der Waals surface area contributed by atoms with Gasteiger partial charge >= 0.3 is 0 Å². The Balaban J connectivity index is 2.35. The van der Waals surface area contributed by atoms with E-state index >= 15 is 0 Å². The minimum Gasteiger partial charge on any atom is -0.394 e. The zero-order valence-corrected chi connectivity index (χ0v) is 10.9. The van der Waals surface area contributed by atoms with Crippen LogP contribution in [0.1, 0.15) is 18.1 Å². The molecular weight excluding hydrogens is 214 g/mol. The van der Waals surface area contributed by atoms with Crippen LogP contribution < -0.4 is 0 Å². The quantitative estimate of drug-likeness (QED) is 0.700. The standard InChI is InChI=1S/C14H23NO2/c1-3-15(7-9-17-10-8-16)12-14-6-4-5-13(2)11-14/h4-6,11,16H,3,7-10,12H2,1-2H3. The second-order valence-corrected chi connectivity index (χ2v) is 4.19. The molecule has 0 heterocycles. The molecule has 0 spiro atoms. The molecule has 1 aromatic rings. The van der Waals surface area contributed by atoms with Crippen LogP contribution in [0.3, 0.4) is 0 Å². The zero-order valence-electron chi connectivity index (χ0n) is 10.9. The van der Waals surface area contributed by atoms with Crippen molar-refractivity contribution in [2.75, 3.05) is 32.9 Å². The normalized spacial score (nSPS) is 11.1. The molecule has 0 aliphatic carbocycles. The third-order valence-electron chi connectivity index (χ3n) is 2.72. The van der Waals surface area contributed by atoms with Crippen LogP contribution >= 0.6 is 0 Å². The summed E-state index contributed by atoms with van der Waals surface area (Å²) in [6.45, 7) is 8.36. The van der Waals surface area contributed by atoms with Gasteiger partial charge in [0.1, 0.15) is 0 Å². The number of likely N-dealkylation sites (N-methyl/N-ethyl adjacent to an activating group) is 1. The fraction of sp³-hybridized carbons (Fsp3) is 0.571. The molecule has 0 saturated carbocycles. The highest BCUT2D eigenvalue weighted by atomic mass is 16.5. The third-order valence-corrected chi connectivity index (χ3v) is 2.72. The maximum Gasteiger partial charge on any atom is 0.0698 e. The van der Waals surface area contributed by atoms with E-state index in [4.69, 9.17) is 9.84 Å². The lowest BCUT2D eigenvalue weighted by Crippen LogP contribution is -2.27. The number of hydrogen-bond donors (Lipinski definition) is 1. The molecule has 0 fully saturated rings. The van der Waals surface area contributed by atoms with E-state index in [1.54, 1.807) is 0 Å². The second kappa shape index (κ2) is 8.23. The van der Waals surface area contributed by atoms with Crippen molar-refractivity contribution in [1.82, 2.24) is 4.90 Å². The Morgan fingerprint density at radius 3 is 2.76 bits per heavy atom. The molecule has 0 aliphatic rings. The first kappa shape index (κ1) is 14.2. The van der Waals surface area contributed by atoms with Gasteiger partial charge < -0.3 is 9.84 Å². The van der Waals surface area contributed by atoms with E-state index in [0.29, 0.717) is 13.2 Å². The lowest BCUT2D eigenvalue weighted by molar-refractivity contribution is 0.0732. The first-order chi connectivity index (χ1) is 8.26. The van der Waals surface area contributed by atoms with Gasteiger partial charge in [0.25, 0.3) is 0 Å². The largest absolute Gasteiger partial charge is 0.394 e. The molecule has 0 unspecified atom stereocenters. The average molecular weight is 237 g/mol. The highest BCUT2D eigenvalue weighted by Crippen LogP contribution is 2.07. The summed E-state index contributed by atoms with van der Waals surface area (Å²) in [5.74, 6) is 0. The van der Waals surface area contributed by atoms with E-state index in [2.05, 4.69) is 43.0 Å². The summed E-state index contributed by atoms with van der Waals surface area (Å²) in [6.07, 6.45) is 0. The van der Waals surface area contributed by atoms with E-state index < -0.39 is 0 Å². The van der Waals surface area contributed by atoms with Gasteiger partial charge in [0.2, 0.25) is 0 Å². The van der Waals surface area contributed by atoms with Crippen LogP contribution in [0, 0.1) is 6.92 Å². The summed E-state index contributed by atoms with van der Waals surface area (Å²) in [5.41, 5.74) is 2.64.